The van der Waals surface area contributed by atoms with Crippen molar-refractivity contribution >= 4 is 43.5 Å². The van der Waals surface area contributed by atoms with Crippen LogP contribution in [0.3, 0.4) is 0 Å². The van der Waals surface area contributed by atoms with Gasteiger partial charge < -0.3 is 5.32 Å². The van der Waals surface area contributed by atoms with Gasteiger partial charge in [-0.2, -0.15) is 5.10 Å². The maximum atomic E-state index is 12.6. The number of halogens is 2. The minimum absolute atomic E-state index is 0.00778. The number of nitrogens with zero attached hydrogens (tertiary/aromatic N) is 2. The van der Waals surface area contributed by atoms with Crippen LogP contribution in [0.25, 0.3) is 0 Å². The Labute approximate surface area is 195 Å². The van der Waals surface area contributed by atoms with Crippen LogP contribution in [0, 0.1) is 0 Å². The first-order valence-corrected chi connectivity index (χ1v) is 12.2. The van der Waals surface area contributed by atoms with Crippen LogP contribution in [0.2, 0.25) is 5.02 Å². The first-order valence-electron chi connectivity index (χ1n) is 9.51. The van der Waals surface area contributed by atoms with Crippen molar-refractivity contribution < 1.29 is 13.2 Å². The summed E-state index contributed by atoms with van der Waals surface area (Å²) in [5, 5.41) is 7.43. The highest BCUT2D eigenvalue weighted by Gasteiger charge is 2.21. The fourth-order valence-electron chi connectivity index (χ4n) is 3.00. The fraction of sp³-hybridized carbons (Fsp3) is 0.238. The molecule has 0 aliphatic carbocycles. The highest BCUT2D eigenvalue weighted by atomic mass is 79.9. The van der Waals surface area contributed by atoms with E-state index in [0.29, 0.717) is 11.4 Å². The van der Waals surface area contributed by atoms with Crippen molar-refractivity contribution in [1.82, 2.24) is 19.8 Å². The van der Waals surface area contributed by atoms with Gasteiger partial charge in [0.05, 0.1) is 12.2 Å². The molecule has 1 amide bonds. The Kier molecular flexibility index (Phi) is 7.88. The second kappa shape index (κ2) is 10.4. The molecule has 0 radical (unpaired) electrons. The molecule has 164 valence electrons. The van der Waals surface area contributed by atoms with Gasteiger partial charge in [-0.3, -0.25) is 9.48 Å². The van der Waals surface area contributed by atoms with E-state index in [4.69, 9.17) is 11.6 Å². The number of carbonyl (C=O) groups excluding carboxylic acids is 1. The maximum absolute atomic E-state index is 12.6. The van der Waals surface area contributed by atoms with E-state index in [9.17, 15) is 13.2 Å². The van der Waals surface area contributed by atoms with Crippen LogP contribution < -0.4 is 10.0 Å². The van der Waals surface area contributed by atoms with Crippen molar-refractivity contribution in [1.29, 1.82) is 0 Å². The molecule has 0 aliphatic heterocycles. The number of sulfonamides is 1. The first kappa shape index (κ1) is 23.5. The van der Waals surface area contributed by atoms with Gasteiger partial charge in [-0.15, -0.1) is 0 Å². The molecule has 2 N–H and O–H groups in total. The topological polar surface area (TPSA) is 93.1 Å². The van der Waals surface area contributed by atoms with Crippen LogP contribution in [0.4, 0.5) is 0 Å². The third kappa shape index (κ3) is 6.64. The molecule has 2 aromatic carbocycles. The molecule has 0 spiro atoms. The van der Waals surface area contributed by atoms with Crippen molar-refractivity contribution in [3.05, 3.63) is 81.5 Å². The number of benzene rings is 2. The average molecular weight is 526 g/mol. The van der Waals surface area contributed by atoms with Crippen LogP contribution in [-0.4, -0.2) is 30.7 Å². The smallest absolute Gasteiger partial charge is 0.243 e. The second-order valence-electron chi connectivity index (χ2n) is 6.97. The summed E-state index contributed by atoms with van der Waals surface area (Å²) in [6.07, 6.45) is 3.43. The van der Waals surface area contributed by atoms with Crippen molar-refractivity contribution in [3.8, 4) is 0 Å². The number of aromatic nitrogens is 2. The van der Waals surface area contributed by atoms with Gasteiger partial charge in [-0.05, 0) is 35.7 Å². The van der Waals surface area contributed by atoms with Crippen LogP contribution >= 0.6 is 27.5 Å². The van der Waals surface area contributed by atoms with Crippen LogP contribution in [0.15, 0.2) is 70.3 Å². The van der Waals surface area contributed by atoms with Gasteiger partial charge in [-0.1, -0.05) is 57.9 Å². The van der Waals surface area contributed by atoms with Crippen molar-refractivity contribution in [2.24, 2.45) is 7.05 Å². The van der Waals surface area contributed by atoms with E-state index < -0.39 is 16.1 Å². The molecule has 10 heteroatoms. The summed E-state index contributed by atoms with van der Waals surface area (Å²) in [6, 6.07) is 14.1. The van der Waals surface area contributed by atoms with E-state index in [1.54, 1.807) is 13.1 Å². The number of rotatable bonds is 9. The van der Waals surface area contributed by atoms with E-state index in [0.717, 1.165) is 15.6 Å². The summed E-state index contributed by atoms with van der Waals surface area (Å²) in [7, 11) is -2.11. The minimum Gasteiger partial charge on any atom is -0.348 e. The molecule has 7 nitrogen and oxygen atoms in total. The lowest BCUT2D eigenvalue weighted by Crippen LogP contribution is -2.38. The quantitative estimate of drug-likeness (QED) is 0.446. The van der Waals surface area contributed by atoms with E-state index in [-0.39, 0.29) is 23.8 Å². The molecule has 0 aliphatic rings. The Morgan fingerprint density at radius 3 is 2.65 bits per heavy atom. The Morgan fingerprint density at radius 1 is 1.23 bits per heavy atom. The lowest BCUT2D eigenvalue weighted by molar-refractivity contribution is -0.121. The zero-order chi connectivity index (χ0) is 22.4. The molecule has 31 heavy (non-hydrogen) atoms. The van der Waals surface area contributed by atoms with Crippen molar-refractivity contribution in [3.63, 3.8) is 0 Å². The van der Waals surface area contributed by atoms with E-state index >= 15 is 0 Å². The number of hydrogen-bond donors (Lipinski definition) is 2. The summed E-state index contributed by atoms with van der Waals surface area (Å²) < 4.78 is 30.0. The molecular weight excluding hydrogens is 504 g/mol. The lowest BCUT2D eigenvalue weighted by atomic mass is 10.1. The second-order valence-corrected chi connectivity index (χ2v) is 10.0. The minimum atomic E-state index is -3.75. The first-order chi connectivity index (χ1) is 14.7. The molecule has 1 atom stereocenters. The van der Waals surface area contributed by atoms with Gasteiger partial charge in [0.15, 0.2) is 0 Å². The molecule has 0 fully saturated rings. The summed E-state index contributed by atoms with van der Waals surface area (Å²) >= 11 is 9.50. The van der Waals surface area contributed by atoms with E-state index in [2.05, 4.69) is 31.1 Å². The molecule has 0 saturated carbocycles. The molecule has 1 unspecified atom stereocenters. The highest BCUT2D eigenvalue weighted by Crippen LogP contribution is 2.22. The average Bonchev–Trinajstić information content (AvgIpc) is 3.20. The lowest BCUT2D eigenvalue weighted by Gasteiger charge is -2.20. The number of aryl methyl sites for hydroxylation is 2. The molecule has 0 bridgehead atoms. The highest BCUT2D eigenvalue weighted by molar-refractivity contribution is 9.10. The van der Waals surface area contributed by atoms with Gasteiger partial charge in [0.2, 0.25) is 15.9 Å². The van der Waals surface area contributed by atoms with Crippen LogP contribution in [0.5, 0.6) is 0 Å². The number of amides is 1. The zero-order valence-electron chi connectivity index (χ0n) is 16.8. The molecule has 1 heterocycles. The van der Waals surface area contributed by atoms with Crippen molar-refractivity contribution in [2.45, 2.75) is 23.8 Å². The predicted octanol–water partition coefficient (Wildman–Crippen LogP) is 3.60. The molecule has 3 rings (SSSR count). The third-order valence-corrected chi connectivity index (χ3v) is 7.02. The van der Waals surface area contributed by atoms with Crippen molar-refractivity contribution in [2.75, 3.05) is 6.54 Å². The molecule has 1 aromatic heterocycles. The van der Waals surface area contributed by atoms with Crippen LogP contribution in [0.1, 0.15) is 23.6 Å². The Bertz CT molecular complexity index is 1150. The van der Waals surface area contributed by atoms with Gasteiger partial charge >= 0.3 is 0 Å². The van der Waals surface area contributed by atoms with Gasteiger partial charge in [0.1, 0.15) is 4.90 Å². The standard InChI is InChI=1S/C21H22BrClN4O3S/c1-27-14-18(12-24-27)31(29,30)25-13-20(15-5-3-2-4-6-15)26-21(28)10-7-16-11-17(23)8-9-19(16)22/h2-6,8-9,11-12,14,20,25H,7,10,13H2,1H3,(H,26,28). The Balaban J connectivity index is 1.68. The normalized spacial score (nSPS) is 12.5. The number of carbonyl (C=O) groups is 1. The van der Waals surface area contributed by atoms with E-state index in [1.165, 1.54) is 17.1 Å². The molecule has 3 aromatic rings. The van der Waals surface area contributed by atoms with Gasteiger partial charge in [0, 0.05) is 35.7 Å². The largest absolute Gasteiger partial charge is 0.348 e. The molecule has 0 saturated heterocycles. The fourth-order valence-corrected chi connectivity index (χ4v) is 4.67. The zero-order valence-corrected chi connectivity index (χ0v) is 19.9. The Hall–Kier alpha value is -2.20. The summed E-state index contributed by atoms with van der Waals surface area (Å²) in [6.45, 7) is 0.00778. The maximum Gasteiger partial charge on any atom is 0.243 e. The third-order valence-electron chi connectivity index (χ3n) is 4.64. The summed E-state index contributed by atoms with van der Waals surface area (Å²) in [5.74, 6) is -0.193. The predicted molar refractivity (Wildman–Crippen MR) is 123 cm³/mol. The van der Waals surface area contributed by atoms with E-state index in [1.807, 2.05) is 42.5 Å². The Morgan fingerprint density at radius 2 is 1.97 bits per heavy atom. The molecular formula is C21H22BrClN4O3S. The van der Waals surface area contributed by atoms with Crippen LogP contribution in [-0.2, 0) is 28.3 Å². The summed E-state index contributed by atoms with van der Waals surface area (Å²) in [5.41, 5.74) is 1.73. The summed E-state index contributed by atoms with van der Waals surface area (Å²) in [4.78, 5) is 12.7. The van der Waals surface area contributed by atoms with Gasteiger partial charge in [-0.25, -0.2) is 13.1 Å². The van der Waals surface area contributed by atoms with Gasteiger partial charge in [0.25, 0.3) is 0 Å². The SMILES string of the molecule is Cn1cc(S(=O)(=O)NCC(NC(=O)CCc2cc(Cl)ccc2Br)c2ccccc2)cn1. The monoisotopic (exact) mass is 524 g/mol. The number of nitrogens with one attached hydrogen (secondary N) is 2. The number of hydrogen-bond acceptors (Lipinski definition) is 4.